The van der Waals surface area contributed by atoms with Crippen LogP contribution in [0.3, 0.4) is 0 Å². The second-order valence-electron chi connectivity index (χ2n) is 8.52. The fourth-order valence-corrected chi connectivity index (χ4v) is 3.93. The van der Waals surface area contributed by atoms with Crippen molar-refractivity contribution in [3.05, 3.63) is 71.9 Å². The number of methoxy groups -OCH3 is 2. The first-order chi connectivity index (χ1) is 18.6. The Kier molecular flexibility index (Phi) is 8.87. The van der Waals surface area contributed by atoms with E-state index in [0.717, 1.165) is 35.3 Å². The third kappa shape index (κ3) is 6.26. The summed E-state index contributed by atoms with van der Waals surface area (Å²) in [5, 5.41) is 12.6. The fourth-order valence-electron chi connectivity index (χ4n) is 3.93. The molecule has 2 aromatic carbocycles. The van der Waals surface area contributed by atoms with E-state index in [1.165, 1.54) is 0 Å². The molecule has 3 aromatic rings. The van der Waals surface area contributed by atoms with Crippen LogP contribution in [-0.4, -0.2) is 61.1 Å². The molecule has 1 aromatic heterocycles. The molecule has 0 unspecified atom stereocenters. The summed E-state index contributed by atoms with van der Waals surface area (Å²) in [6, 6.07) is 11.3. The van der Waals surface area contributed by atoms with Gasteiger partial charge in [-0.25, -0.2) is 9.98 Å². The minimum Gasteiger partial charge on any atom is -0.497 e. The lowest BCUT2D eigenvalue weighted by Gasteiger charge is -2.25. The van der Waals surface area contributed by atoms with Gasteiger partial charge in [0.1, 0.15) is 11.5 Å². The first-order valence-electron chi connectivity index (χ1n) is 12.4. The number of ether oxygens (including phenoxy) is 2. The lowest BCUT2D eigenvalue weighted by atomic mass is 10.1. The average Bonchev–Trinajstić information content (AvgIpc) is 3.21. The van der Waals surface area contributed by atoms with Crippen molar-refractivity contribution in [3.63, 3.8) is 0 Å². The molecule has 0 radical (unpaired) electrons. The molecule has 4 rings (SSSR count). The molecule has 196 valence electrons. The summed E-state index contributed by atoms with van der Waals surface area (Å²) in [6.45, 7) is 2.97. The van der Waals surface area contributed by atoms with Gasteiger partial charge >= 0.3 is 0 Å². The van der Waals surface area contributed by atoms with E-state index in [0.29, 0.717) is 35.8 Å². The minimum absolute atomic E-state index is 0.0546. The zero-order valence-corrected chi connectivity index (χ0v) is 21.8. The number of aromatic nitrogens is 2. The van der Waals surface area contributed by atoms with Crippen molar-refractivity contribution in [2.45, 2.75) is 19.8 Å². The summed E-state index contributed by atoms with van der Waals surface area (Å²) in [5.74, 6) is 1.03. The van der Waals surface area contributed by atoms with E-state index in [1.807, 2.05) is 35.2 Å². The average molecular weight is 514 g/mol. The molecule has 0 aliphatic carbocycles. The number of nitrogens with zero attached hydrogens (tertiary/aromatic N) is 4. The first kappa shape index (κ1) is 26.6. The van der Waals surface area contributed by atoms with Crippen molar-refractivity contribution < 1.29 is 19.4 Å². The molecule has 0 saturated heterocycles. The molecule has 9 nitrogen and oxygen atoms in total. The van der Waals surface area contributed by atoms with Crippen LogP contribution in [0.5, 0.6) is 11.5 Å². The molecule has 1 aliphatic heterocycles. The first-order valence-corrected chi connectivity index (χ1v) is 12.4. The number of hydrogen-bond acceptors (Lipinski definition) is 8. The fraction of sp³-hybridized carbons (Fsp3) is 0.276. The van der Waals surface area contributed by atoms with Gasteiger partial charge in [0.2, 0.25) is 0 Å². The lowest BCUT2D eigenvalue weighted by molar-refractivity contribution is -0.117. The Morgan fingerprint density at radius 2 is 1.87 bits per heavy atom. The highest BCUT2D eigenvalue weighted by molar-refractivity contribution is 5.98. The lowest BCUT2D eigenvalue weighted by Crippen LogP contribution is -2.25. The van der Waals surface area contributed by atoms with Gasteiger partial charge in [0.15, 0.2) is 5.70 Å². The van der Waals surface area contributed by atoms with Gasteiger partial charge in [-0.15, -0.1) is 0 Å². The molecule has 9 heteroatoms. The number of nitrogens with one attached hydrogen (secondary N) is 1. The molecule has 0 bridgehead atoms. The van der Waals surface area contributed by atoms with E-state index in [2.05, 4.69) is 27.9 Å². The van der Waals surface area contributed by atoms with Crippen LogP contribution in [0.1, 0.15) is 25.5 Å². The highest BCUT2D eigenvalue weighted by Crippen LogP contribution is 2.33. The van der Waals surface area contributed by atoms with E-state index in [4.69, 9.17) is 14.5 Å². The predicted octanol–water partition coefficient (Wildman–Crippen LogP) is 4.20. The Hall–Kier alpha value is -4.46. The third-order valence-corrected chi connectivity index (χ3v) is 5.96. The molecule has 0 saturated carbocycles. The SMILES string of the molecule is CCCCNC(=O)C1=C=CC(c2cnc3ccc(N(CCO)c4cc(OC)cc(OC)c4)cc3n2)=CC=N1. The van der Waals surface area contributed by atoms with Gasteiger partial charge in [0.25, 0.3) is 5.91 Å². The van der Waals surface area contributed by atoms with Crippen LogP contribution in [0.2, 0.25) is 0 Å². The number of aliphatic hydroxyl groups is 1. The van der Waals surface area contributed by atoms with Crippen LogP contribution in [0.4, 0.5) is 11.4 Å². The van der Waals surface area contributed by atoms with Crippen molar-refractivity contribution in [1.82, 2.24) is 15.3 Å². The quantitative estimate of drug-likeness (QED) is 0.292. The molecule has 2 heterocycles. The summed E-state index contributed by atoms with van der Waals surface area (Å²) in [7, 11) is 3.20. The molecule has 0 atom stereocenters. The largest absolute Gasteiger partial charge is 0.497 e. The number of hydrogen-bond donors (Lipinski definition) is 2. The number of unbranched alkanes of at least 4 members (excludes halogenated alkanes) is 1. The topological polar surface area (TPSA) is 109 Å². The van der Waals surface area contributed by atoms with Gasteiger partial charge in [0.05, 0.1) is 43.8 Å². The van der Waals surface area contributed by atoms with Crippen LogP contribution < -0.4 is 19.7 Å². The Morgan fingerprint density at radius 3 is 2.58 bits per heavy atom. The normalized spacial score (nSPS) is 12.5. The van der Waals surface area contributed by atoms with Gasteiger partial charge in [-0.2, -0.15) is 0 Å². The van der Waals surface area contributed by atoms with Crippen molar-refractivity contribution in [2.24, 2.45) is 4.99 Å². The number of fused-ring (bicyclic) bond motifs is 1. The number of rotatable bonds is 11. The van der Waals surface area contributed by atoms with Gasteiger partial charge in [0, 0.05) is 54.5 Å². The maximum Gasteiger partial charge on any atom is 0.277 e. The summed E-state index contributed by atoms with van der Waals surface area (Å²) in [6.07, 6.45) is 8.64. The maximum absolute atomic E-state index is 12.4. The second-order valence-corrected chi connectivity index (χ2v) is 8.52. The monoisotopic (exact) mass is 513 g/mol. The van der Waals surface area contributed by atoms with E-state index >= 15 is 0 Å². The standard InChI is InChI=1S/C29H31N5O4/c1-4-5-11-31-29(36)26-8-6-20(10-12-30-26)28-19-32-25-9-7-21(17-27(25)33-28)34(13-14-35)22-15-23(37-2)18-24(16-22)38-3/h6-7,9-10,12,15-19,35H,4-5,11,13-14H2,1-3H3,(H,31,36). The van der Waals surface area contributed by atoms with Gasteiger partial charge in [-0.3, -0.25) is 9.78 Å². The Labute approximate surface area is 221 Å². The zero-order chi connectivity index (χ0) is 26.9. The highest BCUT2D eigenvalue weighted by atomic mass is 16.5. The van der Waals surface area contributed by atoms with E-state index in [-0.39, 0.29) is 18.2 Å². The number of benzene rings is 2. The number of amides is 1. The summed E-state index contributed by atoms with van der Waals surface area (Å²) >= 11 is 0. The van der Waals surface area contributed by atoms with E-state index in [9.17, 15) is 9.90 Å². The number of aliphatic hydroxyl groups excluding tert-OH is 1. The Morgan fingerprint density at radius 1 is 1.08 bits per heavy atom. The van der Waals surface area contributed by atoms with Crippen LogP contribution in [-0.2, 0) is 4.79 Å². The predicted molar refractivity (Wildman–Crippen MR) is 149 cm³/mol. The highest BCUT2D eigenvalue weighted by Gasteiger charge is 2.14. The number of allylic oxidation sites excluding steroid dienone is 2. The second kappa shape index (κ2) is 12.7. The van der Waals surface area contributed by atoms with Gasteiger partial charge < -0.3 is 24.8 Å². The number of anilines is 2. The molecule has 0 spiro atoms. The molecule has 1 aliphatic rings. The number of aliphatic imine (C=N–C) groups is 1. The Bertz CT molecular complexity index is 1420. The summed E-state index contributed by atoms with van der Waals surface area (Å²) < 4.78 is 10.9. The number of carbonyl (C=O) groups excluding carboxylic acids is 1. The minimum atomic E-state index is -0.256. The summed E-state index contributed by atoms with van der Waals surface area (Å²) in [5.41, 5.74) is 7.58. The molecule has 1 amide bonds. The molecule has 0 fully saturated rings. The van der Waals surface area contributed by atoms with Crippen LogP contribution in [0.25, 0.3) is 16.6 Å². The smallest absolute Gasteiger partial charge is 0.277 e. The van der Waals surface area contributed by atoms with Crippen molar-refractivity contribution in [3.8, 4) is 11.5 Å². The molecular weight excluding hydrogens is 482 g/mol. The van der Waals surface area contributed by atoms with Crippen LogP contribution in [0.15, 0.2) is 71.2 Å². The Balaban J connectivity index is 1.67. The van der Waals surface area contributed by atoms with Gasteiger partial charge in [-0.1, -0.05) is 19.1 Å². The van der Waals surface area contributed by atoms with E-state index in [1.54, 1.807) is 44.8 Å². The maximum atomic E-state index is 12.4. The van der Waals surface area contributed by atoms with Gasteiger partial charge in [-0.05, 0) is 36.8 Å². The third-order valence-electron chi connectivity index (χ3n) is 5.96. The molecular formula is C29H31N5O4. The van der Waals surface area contributed by atoms with Crippen LogP contribution >= 0.6 is 0 Å². The van der Waals surface area contributed by atoms with Crippen molar-refractivity contribution in [2.75, 3.05) is 38.8 Å². The number of carbonyl (C=O) groups is 1. The molecule has 38 heavy (non-hydrogen) atoms. The van der Waals surface area contributed by atoms with Crippen molar-refractivity contribution in [1.29, 1.82) is 0 Å². The van der Waals surface area contributed by atoms with Crippen LogP contribution in [0, 0.1) is 0 Å². The van der Waals surface area contributed by atoms with Crippen molar-refractivity contribution >= 4 is 40.1 Å². The van der Waals surface area contributed by atoms with E-state index < -0.39 is 0 Å². The zero-order valence-electron chi connectivity index (χ0n) is 21.8. The molecule has 2 N–H and O–H groups in total. The summed E-state index contributed by atoms with van der Waals surface area (Å²) in [4.78, 5) is 27.9.